The van der Waals surface area contributed by atoms with Crippen LogP contribution in [0.3, 0.4) is 0 Å². The molecule has 5 heteroatoms. The lowest BCUT2D eigenvalue weighted by Gasteiger charge is -2.19. The van der Waals surface area contributed by atoms with Gasteiger partial charge in [0.1, 0.15) is 0 Å². The van der Waals surface area contributed by atoms with Gasteiger partial charge in [-0.15, -0.1) is 5.10 Å². The van der Waals surface area contributed by atoms with Crippen LogP contribution >= 0.6 is 23.2 Å². The molecular formula is C11H15Cl2N3. The van der Waals surface area contributed by atoms with Gasteiger partial charge in [-0.3, -0.25) is 0 Å². The molecule has 3 nitrogen and oxygen atoms in total. The zero-order valence-electron chi connectivity index (χ0n) is 9.45. The van der Waals surface area contributed by atoms with Gasteiger partial charge in [0.15, 0.2) is 5.15 Å². The molecule has 1 fully saturated rings. The number of likely N-dealkylation sites (tertiary alicyclic amines) is 1. The van der Waals surface area contributed by atoms with Crippen LogP contribution in [0, 0.1) is 0 Å². The van der Waals surface area contributed by atoms with Crippen LogP contribution in [0.15, 0.2) is 6.07 Å². The van der Waals surface area contributed by atoms with Crippen molar-refractivity contribution in [2.45, 2.75) is 32.2 Å². The maximum Gasteiger partial charge on any atom is 0.170 e. The highest BCUT2D eigenvalue weighted by Crippen LogP contribution is 2.29. The Kier molecular flexibility index (Phi) is 3.67. The summed E-state index contributed by atoms with van der Waals surface area (Å²) in [4.78, 5) is 2.44. The van der Waals surface area contributed by atoms with E-state index in [1.807, 2.05) is 6.07 Å². The highest BCUT2D eigenvalue weighted by atomic mass is 35.5. The van der Waals surface area contributed by atoms with E-state index in [0.29, 0.717) is 17.0 Å². The molecule has 1 saturated heterocycles. The van der Waals surface area contributed by atoms with Crippen LogP contribution in [0.1, 0.15) is 31.9 Å². The van der Waals surface area contributed by atoms with Gasteiger partial charge >= 0.3 is 0 Å². The fraction of sp³-hybridized carbons (Fsp3) is 0.636. The van der Waals surface area contributed by atoms with Crippen LogP contribution in [-0.4, -0.2) is 34.2 Å². The molecule has 0 aliphatic carbocycles. The normalized spacial score (nSPS) is 21.9. The standard InChI is InChI=1S/C11H15Cl2N3/c1-7(2)16-4-3-8(6-16)10-5-9(12)11(13)15-14-10/h5,7-8H,3-4,6H2,1-2H3. The smallest absolute Gasteiger partial charge is 0.170 e. The quantitative estimate of drug-likeness (QED) is 0.818. The number of rotatable bonds is 2. The molecule has 2 rings (SSSR count). The predicted octanol–water partition coefficient (Wildman–Crippen LogP) is 2.98. The van der Waals surface area contributed by atoms with Crippen molar-refractivity contribution in [3.63, 3.8) is 0 Å². The highest BCUT2D eigenvalue weighted by Gasteiger charge is 2.26. The van der Waals surface area contributed by atoms with Crippen molar-refractivity contribution in [2.75, 3.05) is 13.1 Å². The van der Waals surface area contributed by atoms with Crippen molar-refractivity contribution in [2.24, 2.45) is 0 Å². The van der Waals surface area contributed by atoms with E-state index >= 15 is 0 Å². The minimum Gasteiger partial charge on any atom is -0.300 e. The van der Waals surface area contributed by atoms with E-state index in [1.165, 1.54) is 0 Å². The summed E-state index contributed by atoms with van der Waals surface area (Å²) >= 11 is 11.7. The van der Waals surface area contributed by atoms with E-state index in [9.17, 15) is 0 Å². The van der Waals surface area contributed by atoms with Crippen LogP contribution in [0.5, 0.6) is 0 Å². The zero-order chi connectivity index (χ0) is 11.7. The third-order valence-corrected chi connectivity index (χ3v) is 3.76. The third-order valence-electron chi connectivity index (χ3n) is 3.09. The van der Waals surface area contributed by atoms with Crippen molar-refractivity contribution in [3.05, 3.63) is 21.9 Å². The lowest BCUT2D eigenvalue weighted by atomic mass is 10.1. The molecule has 1 aliphatic heterocycles. The SMILES string of the molecule is CC(C)N1CCC(c2cc(Cl)c(Cl)nn2)C1. The number of aromatic nitrogens is 2. The Hall–Kier alpha value is -0.380. The summed E-state index contributed by atoms with van der Waals surface area (Å²) in [6.07, 6.45) is 1.12. The second-order valence-corrected chi connectivity index (χ2v) is 5.25. The summed E-state index contributed by atoms with van der Waals surface area (Å²) in [7, 11) is 0. The van der Waals surface area contributed by atoms with Gasteiger partial charge in [0, 0.05) is 18.5 Å². The van der Waals surface area contributed by atoms with Gasteiger partial charge < -0.3 is 4.90 Å². The van der Waals surface area contributed by atoms with E-state index in [1.54, 1.807) is 0 Å². The van der Waals surface area contributed by atoms with Crippen LogP contribution in [0.25, 0.3) is 0 Å². The average molecular weight is 260 g/mol. The van der Waals surface area contributed by atoms with Crippen LogP contribution in [0.4, 0.5) is 0 Å². The molecule has 0 saturated carbocycles. The lowest BCUT2D eigenvalue weighted by Crippen LogP contribution is -2.28. The van der Waals surface area contributed by atoms with E-state index in [4.69, 9.17) is 23.2 Å². The van der Waals surface area contributed by atoms with Gasteiger partial charge in [-0.05, 0) is 32.9 Å². The zero-order valence-corrected chi connectivity index (χ0v) is 11.0. The van der Waals surface area contributed by atoms with Gasteiger partial charge in [0.25, 0.3) is 0 Å². The summed E-state index contributed by atoms with van der Waals surface area (Å²) in [5.74, 6) is 0.435. The summed E-state index contributed by atoms with van der Waals surface area (Å²) in [6, 6.07) is 2.42. The number of hydrogen-bond donors (Lipinski definition) is 0. The van der Waals surface area contributed by atoms with Crippen molar-refractivity contribution in [1.82, 2.24) is 15.1 Å². The summed E-state index contributed by atoms with van der Waals surface area (Å²) in [6.45, 7) is 6.57. The topological polar surface area (TPSA) is 29.0 Å². The molecule has 16 heavy (non-hydrogen) atoms. The lowest BCUT2D eigenvalue weighted by molar-refractivity contribution is 0.272. The Morgan fingerprint density at radius 3 is 2.69 bits per heavy atom. The minimum atomic E-state index is 0.282. The fourth-order valence-corrected chi connectivity index (χ4v) is 2.31. The minimum absolute atomic E-state index is 0.282. The van der Waals surface area contributed by atoms with Gasteiger partial charge in [0.2, 0.25) is 0 Å². The van der Waals surface area contributed by atoms with Crippen LogP contribution in [-0.2, 0) is 0 Å². The van der Waals surface area contributed by atoms with Gasteiger partial charge in [-0.2, -0.15) is 5.10 Å². The second kappa shape index (κ2) is 4.86. The maximum absolute atomic E-state index is 5.94. The molecule has 0 bridgehead atoms. The molecule has 1 unspecified atom stereocenters. The van der Waals surface area contributed by atoms with Crippen LogP contribution in [0.2, 0.25) is 10.2 Å². The fourth-order valence-electron chi connectivity index (χ4n) is 2.06. The van der Waals surface area contributed by atoms with E-state index in [0.717, 1.165) is 25.2 Å². The van der Waals surface area contributed by atoms with Gasteiger partial charge in [-0.25, -0.2) is 0 Å². The van der Waals surface area contributed by atoms with Crippen molar-refractivity contribution in [3.8, 4) is 0 Å². The number of halogens is 2. The average Bonchev–Trinajstić information content (AvgIpc) is 2.71. The van der Waals surface area contributed by atoms with Crippen molar-refractivity contribution >= 4 is 23.2 Å². The molecule has 1 aromatic rings. The molecule has 0 N–H and O–H groups in total. The molecular weight excluding hydrogens is 245 g/mol. The monoisotopic (exact) mass is 259 g/mol. The first-order chi connectivity index (χ1) is 7.58. The Morgan fingerprint density at radius 2 is 2.12 bits per heavy atom. The first-order valence-corrected chi connectivity index (χ1v) is 6.26. The van der Waals surface area contributed by atoms with E-state index in [-0.39, 0.29) is 5.15 Å². The maximum atomic E-state index is 5.94. The number of nitrogens with zero attached hydrogens (tertiary/aromatic N) is 3. The Labute approximate surface area is 106 Å². The molecule has 1 aromatic heterocycles. The molecule has 0 amide bonds. The number of hydrogen-bond acceptors (Lipinski definition) is 3. The van der Waals surface area contributed by atoms with Crippen LogP contribution < -0.4 is 0 Å². The first-order valence-electron chi connectivity index (χ1n) is 5.50. The summed E-state index contributed by atoms with van der Waals surface area (Å²) in [5.41, 5.74) is 0.956. The van der Waals surface area contributed by atoms with Crippen molar-refractivity contribution < 1.29 is 0 Å². The Morgan fingerprint density at radius 1 is 1.38 bits per heavy atom. The Balaban J connectivity index is 2.11. The molecule has 0 radical (unpaired) electrons. The highest BCUT2D eigenvalue weighted by molar-refractivity contribution is 6.41. The van der Waals surface area contributed by atoms with E-state index in [2.05, 4.69) is 28.9 Å². The summed E-state index contributed by atoms with van der Waals surface area (Å²) in [5, 5.41) is 8.76. The Bertz CT molecular complexity index is 381. The van der Waals surface area contributed by atoms with Gasteiger partial charge in [-0.1, -0.05) is 23.2 Å². The molecule has 0 aromatic carbocycles. The first kappa shape index (κ1) is 12.1. The third kappa shape index (κ3) is 2.47. The molecule has 88 valence electrons. The van der Waals surface area contributed by atoms with E-state index < -0.39 is 0 Å². The molecule has 0 spiro atoms. The van der Waals surface area contributed by atoms with Crippen molar-refractivity contribution in [1.29, 1.82) is 0 Å². The predicted molar refractivity (Wildman–Crippen MR) is 66.1 cm³/mol. The molecule has 1 atom stereocenters. The second-order valence-electron chi connectivity index (χ2n) is 4.48. The summed E-state index contributed by atoms with van der Waals surface area (Å²) < 4.78 is 0. The molecule has 2 heterocycles. The van der Waals surface area contributed by atoms with Gasteiger partial charge in [0.05, 0.1) is 10.7 Å². The molecule has 1 aliphatic rings. The largest absolute Gasteiger partial charge is 0.300 e.